The summed E-state index contributed by atoms with van der Waals surface area (Å²) in [4.78, 5) is 0. The van der Waals surface area contributed by atoms with Gasteiger partial charge in [-0.1, -0.05) is 22.6 Å². The first-order valence-electron chi connectivity index (χ1n) is 4.10. The van der Waals surface area contributed by atoms with Crippen LogP contribution in [0.25, 0.3) is 0 Å². The summed E-state index contributed by atoms with van der Waals surface area (Å²) < 4.78 is 6.36. The smallest absolute Gasteiger partial charge is 0.0667 e. The molecule has 0 spiro atoms. The van der Waals surface area contributed by atoms with Gasteiger partial charge in [-0.2, -0.15) is 0 Å². The van der Waals surface area contributed by atoms with Gasteiger partial charge in [0.1, 0.15) is 0 Å². The Kier molecular flexibility index (Phi) is 9.26. The van der Waals surface area contributed by atoms with Gasteiger partial charge in [0.05, 0.1) is 6.10 Å². The molecule has 3 heteroatoms. The first kappa shape index (κ1) is 11.6. The average molecular weight is 271 g/mol. The molecular formula is C8H18INO. The van der Waals surface area contributed by atoms with Gasteiger partial charge in [0, 0.05) is 13.7 Å². The maximum Gasteiger partial charge on any atom is 0.0667 e. The molecule has 1 N–H and O–H groups in total. The minimum absolute atomic E-state index is 0.342. The van der Waals surface area contributed by atoms with E-state index in [1.165, 1.54) is 17.3 Å². The van der Waals surface area contributed by atoms with Crippen LogP contribution < -0.4 is 5.32 Å². The Labute approximate surface area is 83.2 Å². The third kappa shape index (κ3) is 8.56. The molecule has 68 valence electrons. The highest BCUT2D eigenvalue weighted by Gasteiger charge is 1.96. The first-order valence-corrected chi connectivity index (χ1v) is 5.63. The number of unbranched alkanes of at least 4 members (excludes halogenated alkanes) is 1. The van der Waals surface area contributed by atoms with Crippen molar-refractivity contribution in [3.63, 3.8) is 0 Å². The van der Waals surface area contributed by atoms with E-state index in [0.29, 0.717) is 6.10 Å². The molecule has 2 nitrogen and oxygen atoms in total. The van der Waals surface area contributed by atoms with Crippen molar-refractivity contribution < 1.29 is 4.74 Å². The standard InChI is InChI=1S/C8H18INO/c1-8(11-2)7-10-6-4-3-5-9/h8,10H,3-7H2,1-2H3. The van der Waals surface area contributed by atoms with Crippen molar-refractivity contribution in [2.75, 3.05) is 24.6 Å². The van der Waals surface area contributed by atoms with Crippen molar-refractivity contribution in [1.29, 1.82) is 0 Å². The van der Waals surface area contributed by atoms with E-state index in [9.17, 15) is 0 Å². The lowest BCUT2D eigenvalue weighted by Gasteiger charge is -2.09. The molecule has 0 aromatic heterocycles. The van der Waals surface area contributed by atoms with Crippen molar-refractivity contribution in [1.82, 2.24) is 5.32 Å². The average Bonchev–Trinajstić information content (AvgIpc) is 2.04. The van der Waals surface area contributed by atoms with Crippen LogP contribution in [-0.2, 0) is 4.74 Å². The highest BCUT2D eigenvalue weighted by atomic mass is 127. The van der Waals surface area contributed by atoms with Gasteiger partial charge in [-0.05, 0) is 30.7 Å². The van der Waals surface area contributed by atoms with Crippen LogP contribution in [0.4, 0.5) is 0 Å². The molecule has 0 aromatic rings. The summed E-state index contributed by atoms with van der Waals surface area (Å²) in [5, 5.41) is 3.34. The van der Waals surface area contributed by atoms with Gasteiger partial charge in [-0.25, -0.2) is 0 Å². The number of halogens is 1. The van der Waals surface area contributed by atoms with Gasteiger partial charge in [-0.15, -0.1) is 0 Å². The Morgan fingerprint density at radius 1 is 1.45 bits per heavy atom. The second-order valence-corrected chi connectivity index (χ2v) is 3.73. The molecule has 0 bridgehead atoms. The van der Waals surface area contributed by atoms with Crippen molar-refractivity contribution >= 4 is 22.6 Å². The lowest BCUT2D eigenvalue weighted by molar-refractivity contribution is 0.117. The Morgan fingerprint density at radius 2 is 2.18 bits per heavy atom. The third-order valence-corrected chi connectivity index (χ3v) is 2.33. The van der Waals surface area contributed by atoms with Crippen molar-refractivity contribution in [3.8, 4) is 0 Å². The maximum atomic E-state index is 5.09. The van der Waals surface area contributed by atoms with Crippen molar-refractivity contribution in [2.24, 2.45) is 0 Å². The second kappa shape index (κ2) is 8.74. The Bertz CT molecular complexity index is 80.5. The van der Waals surface area contributed by atoms with Crippen molar-refractivity contribution in [3.05, 3.63) is 0 Å². The summed E-state index contributed by atoms with van der Waals surface area (Å²) in [6.07, 6.45) is 2.93. The SMILES string of the molecule is COC(C)CNCCCCI. The van der Waals surface area contributed by atoms with Crippen LogP contribution in [0, 0.1) is 0 Å². The topological polar surface area (TPSA) is 21.3 Å². The number of alkyl halides is 1. The molecule has 0 saturated heterocycles. The fraction of sp³-hybridized carbons (Fsp3) is 1.00. The number of methoxy groups -OCH3 is 1. The summed E-state index contributed by atoms with van der Waals surface area (Å²) in [6.45, 7) is 4.17. The van der Waals surface area contributed by atoms with E-state index in [2.05, 4.69) is 34.8 Å². The predicted molar refractivity (Wildman–Crippen MR) is 57.5 cm³/mol. The van der Waals surface area contributed by atoms with Crippen LogP contribution in [0.15, 0.2) is 0 Å². The van der Waals surface area contributed by atoms with Crippen LogP contribution in [-0.4, -0.2) is 30.7 Å². The van der Waals surface area contributed by atoms with E-state index in [0.717, 1.165) is 13.1 Å². The van der Waals surface area contributed by atoms with Gasteiger partial charge in [0.15, 0.2) is 0 Å². The van der Waals surface area contributed by atoms with E-state index >= 15 is 0 Å². The fourth-order valence-electron chi connectivity index (χ4n) is 0.733. The van der Waals surface area contributed by atoms with E-state index in [1.807, 2.05) is 0 Å². The summed E-state index contributed by atoms with van der Waals surface area (Å²) in [5.74, 6) is 0. The molecule has 1 atom stereocenters. The van der Waals surface area contributed by atoms with Gasteiger partial charge in [0.2, 0.25) is 0 Å². The zero-order valence-electron chi connectivity index (χ0n) is 7.40. The molecule has 11 heavy (non-hydrogen) atoms. The van der Waals surface area contributed by atoms with Gasteiger partial charge >= 0.3 is 0 Å². The molecule has 1 unspecified atom stereocenters. The summed E-state index contributed by atoms with van der Waals surface area (Å²) >= 11 is 2.41. The van der Waals surface area contributed by atoms with Gasteiger partial charge < -0.3 is 10.1 Å². The molecule has 0 radical (unpaired) electrons. The van der Waals surface area contributed by atoms with E-state index in [-0.39, 0.29) is 0 Å². The van der Waals surface area contributed by atoms with Crippen molar-refractivity contribution in [2.45, 2.75) is 25.9 Å². The largest absolute Gasteiger partial charge is 0.380 e. The minimum Gasteiger partial charge on any atom is -0.380 e. The zero-order chi connectivity index (χ0) is 8.53. The van der Waals surface area contributed by atoms with E-state index in [1.54, 1.807) is 7.11 Å². The lowest BCUT2D eigenvalue weighted by atomic mass is 10.3. The second-order valence-electron chi connectivity index (χ2n) is 2.65. The molecule has 0 aliphatic carbocycles. The van der Waals surface area contributed by atoms with Crippen LogP contribution in [0.5, 0.6) is 0 Å². The van der Waals surface area contributed by atoms with E-state index in [4.69, 9.17) is 4.74 Å². The molecule has 0 saturated carbocycles. The lowest BCUT2D eigenvalue weighted by Crippen LogP contribution is -2.26. The number of hydrogen-bond acceptors (Lipinski definition) is 2. The van der Waals surface area contributed by atoms with E-state index < -0.39 is 0 Å². The van der Waals surface area contributed by atoms with Crippen LogP contribution in [0.1, 0.15) is 19.8 Å². The molecule has 0 aliphatic heterocycles. The predicted octanol–water partition coefficient (Wildman–Crippen LogP) is 1.83. The molecule has 0 rings (SSSR count). The quantitative estimate of drug-likeness (QED) is 0.433. The Balaban J connectivity index is 2.89. The number of ether oxygens (including phenoxy) is 1. The molecular weight excluding hydrogens is 253 g/mol. The molecule has 0 aliphatic rings. The zero-order valence-corrected chi connectivity index (χ0v) is 9.56. The number of nitrogens with one attached hydrogen (secondary N) is 1. The normalized spacial score (nSPS) is 13.4. The minimum atomic E-state index is 0.342. The molecule has 0 aromatic carbocycles. The maximum absolute atomic E-state index is 5.09. The fourth-order valence-corrected chi connectivity index (χ4v) is 1.27. The Morgan fingerprint density at radius 3 is 2.73 bits per heavy atom. The third-order valence-electron chi connectivity index (χ3n) is 1.57. The van der Waals surface area contributed by atoms with Crippen LogP contribution >= 0.6 is 22.6 Å². The number of rotatable bonds is 7. The van der Waals surface area contributed by atoms with Gasteiger partial charge in [-0.3, -0.25) is 0 Å². The van der Waals surface area contributed by atoms with Gasteiger partial charge in [0.25, 0.3) is 0 Å². The highest BCUT2D eigenvalue weighted by molar-refractivity contribution is 14.1. The molecule has 0 heterocycles. The Hall–Kier alpha value is 0.650. The molecule has 0 fully saturated rings. The first-order chi connectivity index (χ1) is 5.31. The number of hydrogen-bond donors (Lipinski definition) is 1. The molecule has 0 amide bonds. The summed E-state index contributed by atoms with van der Waals surface area (Å²) in [7, 11) is 1.75. The summed E-state index contributed by atoms with van der Waals surface area (Å²) in [5.41, 5.74) is 0. The van der Waals surface area contributed by atoms with Crippen LogP contribution in [0.3, 0.4) is 0 Å². The van der Waals surface area contributed by atoms with Crippen LogP contribution in [0.2, 0.25) is 0 Å². The monoisotopic (exact) mass is 271 g/mol. The highest BCUT2D eigenvalue weighted by Crippen LogP contribution is 1.92. The summed E-state index contributed by atoms with van der Waals surface area (Å²) in [6, 6.07) is 0.